The number of likely N-dealkylation sites (tertiary alicyclic amines) is 1. The SMILES string of the molecule is FC(F)(F)c1ccc(N2CCN(C3CCN(C[C@H]4COc5ccccc5O4)CC3)CC2)nc1. The quantitative estimate of drug-likeness (QED) is 0.693. The van der Waals surface area contributed by atoms with Crippen LogP contribution in [0.2, 0.25) is 0 Å². The van der Waals surface area contributed by atoms with E-state index < -0.39 is 11.7 Å². The van der Waals surface area contributed by atoms with Gasteiger partial charge in [-0.05, 0) is 50.2 Å². The predicted octanol–water partition coefficient (Wildman–Crippen LogP) is 3.53. The summed E-state index contributed by atoms with van der Waals surface area (Å²) in [6, 6.07) is 10.9. The second-order valence-electron chi connectivity index (χ2n) is 8.96. The molecule has 33 heavy (non-hydrogen) atoms. The first-order chi connectivity index (χ1) is 16.0. The van der Waals surface area contributed by atoms with E-state index in [1.807, 2.05) is 24.3 Å². The van der Waals surface area contributed by atoms with Gasteiger partial charge in [-0.15, -0.1) is 0 Å². The number of fused-ring (bicyclic) bond motifs is 1. The number of piperazine rings is 1. The smallest absolute Gasteiger partial charge is 0.417 e. The minimum atomic E-state index is -4.35. The molecular formula is C24H29F3N4O2. The minimum Gasteiger partial charge on any atom is -0.486 e. The summed E-state index contributed by atoms with van der Waals surface area (Å²) in [6.45, 7) is 6.90. The number of benzene rings is 1. The number of anilines is 1. The molecule has 178 valence electrons. The number of halogens is 3. The van der Waals surface area contributed by atoms with Crippen LogP contribution in [0.3, 0.4) is 0 Å². The Labute approximate surface area is 191 Å². The first-order valence-corrected chi connectivity index (χ1v) is 11.6. The summed E-state index contributed by atoms with van der Waals surface area (Å²) in [7, 11) is 0. The highest BCUT2D eigenvalue weighted by Gasteiger charge is 2.32. The van der Waals surface area contributed by atoms with Crippen LogP contribution in [0.5, 0.6) is 11.5 Å². The van der Waals surface area contributed by atoms with Crippen LogP contribution in [-0.4, -0.2) is 79.3 Å². The average Bonchev–Trinajstić information content (AvgIpc) is 2.84. The summed E-state index contributed by atoms with van der Waals surface area (Å²) in [5, 5.41) is 0. The van der Waals surface area contributed by atoms with E-state index >= 15 is 0 Å². The highest BCUT2D eigenvalue weighted by molar-refractivity contribution is 5.41. The van der Waals surface area contributed by atoms with Crippen molar-refractivity contribution in [2.75, 3.05) is 57.3 Å². The second kappa shape index (κ2) is 9.38. The first-order valence-electron chi connectivity index (χ1n) is 11.6. The van der Waals surface area contributed by atoms with Crippen LogP contribution in [-0.2, 0) is 6.18 Å². The second-order valence-corrected chi connectivity index (χ2v) is 8.96. The van der Waals surface area contributed by atoms with Gasteiger partial charge in [-0.1, -0.05) is 12.1 Å². The van der Waals surface area contributed by atoms with E-state index in [2.05, 4.69) is 19.7 Å². The number of alkyl halides is 3. The zero-order valence-electron chi connectivity index (χ0n) is 18.5. The van der Waals surface area contributed by atoms with E-state index in [0.29, 0.717) is 18.5 Å². The lowest BCUT2D eigenvalue weighted by Gasteiger charge is -2.43. The van der Waals surface area contributed by atoms with Gasteiger partial charge in [0.2, 0.25) is 0 Å². The lowest BCUT2D eigenvalue weighted by molar-refractivity contribution is -0.137. The molecule has 1 aromatic carbocycles. The van der Waals surface area contributed by atoms with Crippen LogP contribution in [0.25, 0.3) is 0 Å². The van der Waals surface area contributed by atoms with Gasteiger partial charge in [0.1, 0.15) is 18.5 Å². The van der Waals surface area contributed by atoms with Crippen molar-refractivity contribution in [3.8, 4) is 11.5 Å². The van der Waals surface area contributed by atoms with E-state index in [0.717, 1.165) is 82.4 Å². The molecule has 1 aromatic heterocycles. The van der Waals surface area contributed by atoms with Crippen LogP contribution >= 0.6 is 0 Å². The highest BCUT2D eigenvalue weighted by Crippen LogP contribution is 2.32. The van der Waals surface area contributed by atoms with E-state index in [1.54, 1.807) is 0 Å². The zero-order valence-corrected chi connectivity index (χ0v) is 18.5. The molecule has 0 radical (unpaired) electrons. The molecule has 1 atom stereocenters. The summed E-state index contributed by atoms with van der Waals surface area (Å²) in [4.78, 5) is 11.1. The van der Waals surface area contributed by atoms with Crippen molar-refractivity contribution in [1.29, 1.82) is 0 Å². The summed E-state index contributed by atoms with van der Waals surface area (Å²) < 4.78 is 50.2. The predicted molar refractivity (Wildman–Crippen MR) is 119 cm³/mol. The van der Waals surface area contributed by atoms with Crippen LogP contribution < -0.4 is 14.4 Å². The Morgan fingerprint density at radius 1 is 0.909 bits per heavy atom. The summed E-state index contributed by atoms with van der Waals surface area (Å²) in [6.07, 6.45) is -1.14. The van der Waals surface area contributed by atoms with Crippen LogP contribution in [0.1, 0.15) is 18.4 Å². The molecule has 4 heterocycles. The van der Waals surface area contributed by atoms with Gasteiger partial charge in [0.05, 0.1) is 5.56 Å². The normalized spacial score (nSPS) is 23.0. The third-order valence-corrected chi connectivity index (χ3v) is 6.82. The lowest BCUT2D eigenvalue weighted by atomic mass is 10.0. The maximum atomic E-state index is 12.8. The molecule has 0 N–H and O–H groups in total. The molecule has 0 spiro atoms. The molecule has 0 amide bonds. The summed E-state index contributed by atoms with van der Waals surface area (Å²) in [5.41, 5.74) is -0.703. The van der Waals surface area contributed by atoms with Gasteiger partial charge in [0.15, 0.2) is 11.5 Å². The van der Waals surface area contributed by atoms with Crippen molar-refractivity contribution >= 4 is 5.82 Å². The monoisotopic (exact) mass is 462 g/mol. The van der Waals surface area contributed by atoms with Gasteiger partial charge >= 0.3 is 6.18 Å². The van der Waals surface area contributed by atoms with Crippen LogP contribution in [0.4, 0.5) is 19.0 Å². The number of ether oxygens (including phenoxy) is 2. The first kappa shape index (κ1) is 22.3. The fourth-order valence-electron chi connectivity index (χ4n) is 4.97. The minimum absolute atomic E-state index is 0.0521. The maximum Gasteiger partial charge on any atom is 0.417 e. The van der Waals surface area contributed by atoms with Gasteiger partial charge in [0, 0.05) is 45.0 Å². The van der Waals surface area contributed by atoms with Gasteiger partial charge in [-0.25, -0.2) is 4.98 Å². The Balaban J connectivity index is 1.06. The molecule has 3 aliphatic rings. The molecule has 2 fully saturated rings. The summed E-state index contributed by atoms with van der Waals surface area (Å²) in [5.74, 6) is 2.26. The van der Waals surface area contributed by atoms with Crippen molar-refractivity contribution in [2.45, 2.75) is 31.2 Å². The van der Waals surface area contributed by atoms with E-state index in [9.17, 15) is 13.2 Å². The third kappa shape index (κ3) is 5.19. The number of piperidine rings is 1. The van der Waals surface area contributed by atoms with E-state index in [1.165, 1.54) is 6.07 Å². The molecule has 0 bridgehead atoms. The lowest BCUT2D eigenvalue weighted by Crippen LogP contribution is -2.54. The largest absolute Gasteiger partial charge is 0.486 e. The Morgan fingerprint density at radius 3 is 2.30 bits per heavy atom. The van der Waals surface area contributed by atoms with Crippen molar-refractivity contribution < 1.29 is 22.6 Å². The Kier molecular flexibility index (Phi) is 6.34. The Morgan fingerprint density at radius 2 is 1.64 bits per heavy atom. The molecule has 9 heteroatoms. The molecule has 6 nitrogen and oxygen atoms in total. The molecule has 2 aromatic rings. The standard InChI is InChI=1S/C24H29F3N4O2/c25-24(26,27)18-5-6-23(28-15-18)31-13-11-30(12-14-31)19-7-9-29(10-8-19)16-20-17-32-21-3-1-2-4-22(21)33-20/h1-6,15,19-20H,7-14,16-17H2/t20-/m0/s1. The number of pyridine rings is 1. The van der Waals surface area contributed by atoms with Crippen LogP contribution in [0, 0.1) is 0 Å². The molecule has 2 saturated heterocycles. The number of nitrogens with zero attached hydrogens (tertiary/aromatic N) is 4. The van der Waals surface area contributed by atoms with E-state index in [4.69, 9.17) is 9.47 Å². The fraction of sp³-hybridized carbons (Fsp3) is 0.542. The number of hydrogen-bond acceptors (Lipinski definition) is 6. The maximum absolute atomic E-state index is 12.8. The number of rotatable bonds is 4. The summed E-state index contributed by atoms with van der Waals surface area (Å²) >= 11 is 0. The molecule has 3 aliphatic heterocycles. The van der Waals surface area contributed by atoms with Gasteiger partial charge < -0.3 is 14.4 Å². The molecule has 0 aliphatic carbocycles. The fourth-order valence-corrected chi connectivity index (χ4v) is 4.97. The van der Waals surface area contributed by atoms with Crippen LogP contribution in [0.15, 0.2) is 42.6 Å². The molecule has 0 saturated carbocycles. The van der Waals surface area contributed by atoms with Crippen molar-refractivity contribution in [1.82, 2.24) is 14.8 Å². The van der Waals surface area contributed by atoms with Crippen molar-refractivity contribution in [3.63, 3.8) is 0 Å². The number of hydrogen-bond donors (Lipinski definition) is 0. The van der Waals surface area contributed by atoms with Gasteiger partial charge in [0.25, 0.3) is 0 Å². The zero-order chi connectivity index (χ0) is 22.8. The molecule has 5 rings (SSSR count). The van der Waals surface area contributed by atoms with E-state index in [-0.39, 0.29) is 6.10 Å². The van der Waals surface area contributed by atoms with Crippen molar-refractivity contribution in [3.05, 3.63) is 48.2 Å². The third-order valence-electron chi connectivity index (χ3n) is 6.82. The Hall–Kier alpha value is -2.52. The Bertz CT molecular complexity index is 924. The van der Waals surface area contributed by atoms with Gasteiger partial charge in [-0.3, -0.25) is 9.80 Å². The number of aromatic nitrogens is 1. The highest BCUT2D eigenvalue weighted by atomic mass is 19.4. The van der Waals surface area contributed by atoms with Gasteiger partial charge in [-0.2, -0.15) is 13.2 Å². The average molecular weight is 463 g/mol. The van der Waals surface area contributed by atoms with Crippen molar-refractivity contribution in [2.24, 2.45) is 0 Å². The number of para-hydroxylation sites is 2. The molecule has 0 unspecified atom stereocenters. The molecular weight excluding hydrogens is 433 g/mol. The topological polar surface area (TPSA) is 41.1 Å².